The second-order valence-electron chi connectivity index (χ2n) is 7.37. The molecule has 1 saturated carbocycles. The molecule has 0 spiro atoms. The van der Waals surface area contributed by atoms with Gasteiger partial charge in [0.25, 0.3) is 0 Å². The molecular formula is C19H31NS. The van der Waals surface area contributed by atoms with Crippen molar-refractivity contribution in [3.63, 3.8) is 0 Å². The van der Waals surface area contributed by atoms with Gasteiger partial charge in [0.15, 0.2) is 0 Å². The Hall–Kier alpha value is -0.340. The standard InChI is InChI=1S/C19H31NS/c1-4-20-19(16-10-9-13(2)14(3)11-16)18-12-15-7-5-6-8-17(15)21-18/h12-14,16,19-20H,4-11H2,1-3H3. The van der Waals surface area contributed by atoms with Crippen LogP contribution in [-0.4, -0.2) is 6.54 Å². The van der Waals surface area contributed by atoms with Crippen LogP contribution >= 0.6 is 11.3 Å². The SMILES string of the molecule is CCNC(c1cc2c(s1)CCCC2)C1CCC(C)C(C)C1. The van der Waals surface area contributed by atoms with Gasteiger partial charge in [0.2, 0.25) is 0 Å². The van der Waals surface area contributed by atoms with Crippen LogP contribution in [-0.2, 0) is 12.8 Å². The second kappa shape index (κ2) is 6.83. The summed E-state index contributed by atoms with van der Waals surface area (Å²) in [5.41, 5.74) is 1.67. The van der Waals surface area contributed by atoms with Crippen LogP contribution in [0.1, 0.15) is 74.2 Å². The third-order valence-corrected chi connectivity index (χ3v) is 7.18. The Morgan fingerprint density at radius 1 is 1.19 bits per heavy atom. The number of hydrogen-bond acceptors (Lipinski definition) is 2. The maximum Gasteiger partial charge on any atom is 0.0443 e. The van der Waals surface area contributed by atoms with E-state index in [1.165, 1.54) is 44.9 Å². The molecule has 2 heteroatoms. The minimum Gasteiger partial charge on any atom is -0.309 e. The van der Waals surface area contributed by atoms with Gasteiger partial charge in [-0.1, -0.05) is 27.2 Å². The van der Waals surface area contributed by atoms with Crippen molar-refractivity contribution in [2.24, 2.45) is 17.8 Å². The Labute approximate surface area is 134 Å². The monoisotopic (exact) mass is 305 g/mol. The van der Waals surface area contributed by atoms with Crippen molar-refractivity contribution in [3.05, 3.63) is 21.4 Å². The molecule has 1 aromatic heterocycles. The predicted octanol–water partition coefficient (Wildman–Crippen LogP) is 5.35. The fourth-order valence-corrected chi connectivity index (χ4v) is 5.71. The normalized spacial score (nSPS) is 30.9. The fraction of sp³-hybridized carbons (Fsp3) is 0.789. The third kappa shape index (κ3) is 3.37. The smallest absolute Gasteiger partial charge is 0.0443 e. The van der Waals surface area contributed by atoms with E-state index in [-0.39, 0.29) is 0 Å². The lowest BCUT2D eigenvalue weighted by molar-refractivity contribution is 0.173. The van der Waals surface area contributed by atoms with E-state index in [0.717, 1.165) is 24.3 Å². The van der Waals surface area contributed by atoms with Gasteiger partial charge in [0.1, 0.15) is 0 Å². The van der Waals surface area contributed by atoms with E-state index >= 15 is 0 Å². The zero-order chi connectivity index (χ0) is 14.8. The first-order valence-corrected chi connectivity index (χ1v) is 9.85. The van der Waals surface area contributed by atoms with Crippen LogP contribution in [0.25, 0.3) is 0 Å². The molecule has 0 bridgehead atoms. The summed E-state index contributed by atoms with van der Waals surface area (Å²) in [5.74, 6) is 2.65. The van der Waals surface area contributed by atoms with Gasteiger partial charge in [-0.05, 0) is 74.5 Å². The molecule has 0 aromatic carbocycles. The zero-order valence-electron chi connectivity index (χ0n) is 14.0. The van der Waals surface area contributed by atoms with Gasteiger partial charge in [-0.2, -0.15) is 0 Å². The van der Waals surface area contributed by atoms with Gasteiger partial charge in [-0.3, -0.25) is 0 Å². The summed E-state index contributed by atoms with van der Waals surface area (Å²) in [4.78, 5) is 3.33. The van der Waals surface area contributed by atoms with Crippen LogP contribution in [0.4, 0.5) is 0 Å². The Bertz CT molecular complexity index is 441. The summed E-state index contributed by atoms with van der Waals surface area (Å²) in [6.45, 7) is 8.25. The highest BCUT2D eigenvalue weighted by Gasteiger charge is 2.32. The van der Waals surface area contributed by atoms with Crippen molar-refractivity contribution in [1.82, 2.24) is 5.32 Å². The van der Waals surface area contributed by atoms with Gasteiger partial charge < -0.3 is 5.32 Å². The van der Waals surface area contributed by atoms with Gasteiger partial charge in [-0.15, -0.1) is 11.3 Å². The van der Waals surface area contributed by atoms with Crippen molar-refractivity contribution in [2.75, 3.05) is 6.54 Å². The molecule has 0 amide bonds. The number of nitrogens with one attached hydrogen (secondary N) is 1. The average molecular weight is 306 g/mol. The number of hydrogen-bond donors (Lipinski definition) is 1. The molecular weight excluding hydrogens is 274 g/mol. The van der Waals surface area contributed by atoms with E-state index in [1.807, 2.05) is 0 Å². The van der Waals surface area contributed by atoms with E-state index in [4.69, 9.17) is 0 Å². The molecule has 4 unspecified atom stereocenters. The van der Waals surface area contributed by atoms with Crippen LogP contribution in [0, 0.1) is 17.8 Å². The first kappa shape index (κ1) is 15.6. The molecule has 21 heavy (non-hydrogen) atoms. The molecule has 1 aromatic rings. The molecule has 2 aliphatic rings. The van der Waals surface area contributed by atoms with Crippen LogP contribution in [0.2, 0.25) is 0 Å². The third-order valence-electron chi connectivity index (χ3n) is 5.86. The predicted molar refractivity (Wildman–Crippen MR) is 93.0 cm³/mol. The lowest BCUT2D eigenvalue weighted by Crippen LogP contribution is -2.32. The zero-order valence-corrected chi connectivity index (χ0v) is 14.8. The van der Waals surface area contributed by atoms with E-state index in [9.17, 15) is 0 Å². The summed E-state index contributed by atoms with van der Waals surface area (Å²) in [7, 11) is 0. The summed E-state index contributed by atoms with van der Waals surface area (Å²) >= 11 is 2.12. The summed E-state index contributed by atoms with van der Waals surface area (Å²) in [6, 6.07) is 3.16. The Kier molecular flexibility index (Phi) is 5.06. The topological polar surface area (TPSA) is 12.0 Å². The van der Waals surface area contributed by atoms with E-state index in [0.29, 0.717) is 6.04 Å². The largest absolute Gasteiger partial charge is 0.309 e. The molecule has 1 fully saturated rings. The Morgan fingerprint density at radius 2 is 2.00 bits per heavy atom. The van der Waals surface area contributed by atoms with Gasteiger partial charge in [0, 0.05) is 15.8 Å². The quantitative estimate of drug-likeness (QED) is 0.790. The summed E-state index contributed by atoms with van der Waals surface area (Å²) < 4.78 is 0. The first-order valence-electron chi connectivity index (χ1n) is 9.04. The van der Waals surface area contributed by atoms with Crippen LogP contribution in [0.3, 0.4) is 0 Å². The maximum atomic E-state index is 3.82. The molecule has 1 nitrogen and oxygen atoms in total. The van der Waals surface area contributed by atoms with Crippen molar-refractivity contribution >= 4 is 11.3 Å². The van der Waals surface area contributed by atoms with E-state index in [2.05, 4.69) is 43.5 Å². The van der Waals surface area contributed by atoms with Crippen molar-refractivity contribution in [3.8, 4) is 0 Å². The fourth-order valence-electron chi connectivity index (χ4n) is 4.28. The van der Waals surface area contributed by atoms with E-state index in [1.54, 1.807) is 15.3 Å². The Balaban J connectivity index is 1.79. The molecule has 0 saturated heterocycles. The Morgan fingerprint density at radius 3 is 2.71 bits per heavy atom. The van der Waals surface area contributed by atoms with Gasteiger partial charge in [-0.25, -0.2) is 0 Å². The first-order chi connectivity index (χ1) is 10.2. The van der Waals surface area contributed by atoms with Crippen molar-refractivity contribution in [1.29, 1.82) is 0 Å². The number of aryl methyl sites for hydroxylation is 2. The summed E-state index contributed by atoms with van der Waals surface area (Å²) in [6.07, 6.45) is 9.68. The second-order valence-corrected chi connectivity index (χ2v) is 8.54. The van der Waals surface area contributed by atoms with Gasteiger partial charge >= 0.3 is 0 Å². The minimum absolute atomic E-state index is 0.612. The lowest BCUT2D eigenvalue weighted by Gasteiger charge is -2.36. The van der Waals surface area contributed by atoms with Gasteiger partial charge in [0.05, 0.1) is 0 Å². The highest BCUT2D eigenvalue weighted by atomic mass is 32.1. The highest BCUT2D eigenvalue weighted by Crippen LogP contribution is 2.43. The molecule has 4 atom stereocenters. The minimum atomic E-state index is 0.612. The van der Waals surface area contributed by atoms with Crippen molar-refractivity contribution < 1.29 is 0 Å². The lowest BCUT2D eigenvalue weighted by atomic mass is 9.73. The molecule has 2 aliphatic carbocycles. The molecule has 0 radical (unpaired) electrons. The molecule has 1 N–H and O–H groups in total. The molecule has 1 heterocycles. The van der Waals surface area contributed by atoms with Crippen molar-refractivity contribution in [2.45, 2.75) is 71.8 Å². The molecule has 118 valence electrons. The summed E-state index contributed by atoms with van der Waals surface area (Å²) in [5, 5.41) is 3.82. The maximum absolute atomic E-state index is 3.82. The number of thiophene rings is 1. The number of fused-ring (bicyclic) bond motifs is 1. The molecule has 3 rings (SSSR count). The van der Waals surface area contributed by atoms with Crippen LogP contribution in [0.15, 0.2) is 6.07 Å². The highest BCUT2D eigenvalue weighted by molar-refractivity contribution is 7.12. The average Bonchev–Trinajstić information content (AvgIpc) is 2.91. The van der Waals surface area contributed by atoms with Crippen LogP contribution < -0.4 is 5.32 Å². The molecule has 0 aliphatic heterocycles. The van der Waals surface area contributed by atoms with E-state index < -0.39 is 0 Å². The van der Waals surface area contributed by atoms with Crippen LogP contribution in [0.5, 0.6) is 0 Å². The number of rotatable bonds is 4.